The molecule has 4 nitrogen and oxygen atoms in total. The molecule has 0 aliphatic rings. The molecule has 15 rings (SSSR count). The minimum absolute atomic E-state index is 0.0246. The largest absolute Gasteiger partial charge is 0.310 e. The zero-order valence-corrected chi connectivity index (χ0v) is 49.9. The van der Waals surface area contributed by atoms with Crippen molar-refractivity contribution in [1.82, 2.24) is 8.80 Å². The molecule has 0 N–H and O–H groups in total. The predicted octanol–water partition coefficient (Wildman–Crippen LogP) is 23.1. The van der Waals surface area contributed by atoms with Crippen molar-refractivity contribution in [3.05, 3.63) is 253 Å². The summed E-state index contributed by atoms with van der Waals surface area (Å²) in [5.74, 6) is 0.851. The summed E-state index contributed by atoms with van der Waals surface area (Å²) in [5.41, 5.74) is 24.3. The minimum atomic E-state index is 0.0246. The molecule has 0 amide bonds. The van der Waals surface area contributed by atoms with Gasteiger partial charge in [-0.25, -0.2) is 0 Å². The fourth-order valence-electron chi connectivity index (χ4n) is 14.0. The topological polar surface area (TPSA) is 15.3 Å². The molecule has 0 radical (unpaired) electrons. The van der Waals surface area contributed by atoms with E-state index in [9.17, 15) is 0 Å². The van der Waals surface area contributed by atoms with Crippen LogP contribution in [0.25, 0.3) is 98.4 Å². The van der Waals surface area contributed by atoms with Crippen LogP contribution in [0, 0.1) is 0 Å². The molecule has 0 fully saturated rings. The van der Waals surface area contributed by atoms with E-state index in [4.69, 9.17) is 0 Å². The molecule has 0 atom stereocenters. The first kappa shape index (κ1) is 51.5. The van der Waals surface area contributed by atoms with E-state index < -0.39 is 0 Å². The number of nitrogens with zero attached hydrogens (tertiary/aromatic N) is 4. The summed E-state index contributed by atoms with van der Waals surface area (Å²) in [7, 11) is 0. The van der Waals surface area contributed by atoms with E-state index in [0.717, 1.165) is 34.1 Å². The van der Waals surface area contributed by atoms with Crippen molar-refractivity contribution in [2.75, 3.05) is 9.80 Å². The average molecular weight is 1090 g/mol. The lowest BCUT2D eigenvalue weighted by Crippen LogP contribution is -2.13. The van der Waals surface area contributed by atoms with Crippen LogP contribution >= 0.6 is 0 Å². The van der Waals surface area contributed by atoms with Gasteiger partial charge in [-0.05, 0) is 129 Å². The van der Waals surface area contributed by atoms with Crippen molar-refractivity contribution < 1.29 is 0 Å². The maximum atomic E-state index is 2.65. The van der Waals surface area contributed by atoms with E-state index in [2.05, 4.69) is 318 Å². The van der Waals surface area contributed by atoms with Gasteiger partial charge in [0.05, 0.1) is 44.5 Å². The summed E-state index contributed by atoms with van der Waals surface area (Å²) >= 11 is 0. The van der Waals surface area contributed by atoms with Gasteiger partial charge in [-0.1, -0.05) is 227 Å². The zero-order valence-electron chi connectivity index (χ0n) is 49.9. The second kappa shape index (κ2) is 19.1. The van der Waals surface area contributed by atoms with Crippen molar-refractivity contribution in [2.24, 2.45) is 0 Å². The molecule has 0 unspecified atom stereocenters. The number of hydrogen-bond donors (Lipinski definition) is 0. The Labute approximate surface area is 493 Å². The summed E-state index contributed by atoms with van der Waals surface area (Å²) in [6, 6.07) is 87.6. The summed E-state index contributed by atoms with van der Waals surface area (Å²) < 4.78 is 5.29. The normalized spacial score (nSPS) is 12.6. The third kappa shape index (κ3) is 7.79. The van der Waals surface area contributed by atoms with E-state index in [0.29, 0.717) is 11.8 Å². The Morgan fingerprint density at radius 2 is 0.607 bits per heavy atom. The summed E-state index contributed by atoms with van der Waals surface area (Å²) in [5, 5.41) is 9.94. The first-order valence-corrected chi connectivity index (χ1v) is 30.2. The number of rotatable bonds is 10. The molecule has 0 spiro atoms. The average Bonchev–Trinajstić information content (AvgIpc) is 1.52. The zero-order chi connectivity index (χ0) is 57.5. The molecule has 0 saturated carbocycles. The molecule has 11 aromatic carbocycles. The Balaban J connectivity index is 1.08. The highest BCUT2D eigenvalue weighted by atomic mass is 15.2. The predicted molar refractivity (Wildman–Crippen MR) is 362 cm³/mol. The highest BCUT2D eigenvalue weighted by Gasteiger charge is 2.33. The van der Waals surface area contributed by atoms with Gasteiger partial charge in [0, 0.05) is 77.0 Å². The Kier molecular flexibility index (Phi) is 11.7. The van der Waals surface area contributed by atoms with Gasteiger partial charge >= 0.3 is 0 Å². The fraction of sp³-hybridized carbons (Fsp3) is 0.175. The van der Waals surface area contributed by atoms with Gasteiger partial charge in [-0.15, -0.1) is 0 Å². The van der Waals surface area contributed by atoms with E-state index in [-0.39, 0.29) is 10.8 Å². The van der Waals surface area contributed by atoms with Gasteiger partial charge < -0.3 is 18.6 Å². The van der Waals surface area contributed by atoms with Crippen molar-refractivity contribution in [3.63, 3.8) is 0 Å². The molecule has 0 aliphatic heterocycles. The summed E-state index contributed by atoms with van der Waals surface area (Å²) in [4.78, 5) is 4.98. The highest BCUT2D eigenvalue weighted by molar-refractivity contribution is 6.39. The molecular formula is C80H70N4. The van der Waals surface area contributed by atoms with E-state index >= 15 is 0 Å². The number of para-hydroxylation sites is 2. The van der Waals surface area contributed by atoms with Crippen LogP contribution in [0.2, 0.25) is 0 Å². The minimum Gasteiger partial charge on any atom is -0.310 e. The van der Waals surface area contributed by atoms with Gasteiger partial charge in [0.1, 0.15) is 0 Å². The van der Waals surface area contributed by atoms with Crippen molar-refractivity contribution in [1.29, 1.82) is 0 Å². The van der Waals surface area contributed by atoms with Crippen molar-refractivity contribution >= 4 is 110 Å². The van der Waals surface area contributed by atoms with Crippen molar-refractivity contribution in [2.45, 2.75) is 91.9 Å². The second-order valence-corrected chi connectivity index (χ2v) is 26.1. The van der Waals surface area contributed by atoms with E-state index in [1.165, 1.54) is 121 Å². The maximum absolute atomic E-state index is 2.65. The Morgan fingerprint density at radius 1 is 0.298 bits per heavy atom. The lowest BCUT2D eigenvalue weighted by Gasteiger charge is -2.28. The summed E-state index contributed by atoms with van der Waals surface area (Å²) in [6.07, 6.45) is 0. The van der Waals surface area contributed by atoms with Gasteiger partial charge in [0.25, 0.3) is 0 Å². The first-order valence-electron chi connectivity index (χ1n) is 30.2. The highest BCUT2D eigenvalue weighted by Crippen LogP contribution is 2.56. The quantitative estimate of drug-likeness (QED) is 0.136. The van der Waals surface area contributed by atoms with E-state index in [1.807, 2.05) is 0 Å². The lowest BCUT2D eigenvalue weighted by molar-refractivity contribution is 0.590. The third-order valence-electron chi connectivity index (χ3n) is 18.2. The molecule has 410 valence electrons. The Hall–Kier alpha value is -9.38. The van der Waals surface area contributed by atoms with Crippen LogP contribution in [0.3, 0.4) is 0 Å². The van der Waals surface area contributed by atoms with E-state index in [1.54, 1.807) is 0 Å². The SMILES string of the molecule is CC(C)c1ccc(N(c2ccc(C(C)(C)C)cc2)c2cccc3c2c2cccc4c5c(-c6ccccc6)c6c(c(-c7ccccc7)c5n3c24)c2cccc3c4c(N(c5ccc(C(C)C)cc5)c5ccc(C(C)(C)C)cc5)cccc4n6c32)cc1. The molecule has 84 heavy (non-hydrogen) atoms. The molecule has 4 heteroatoms. The number of hydrogen-bond acceptors (Lipinski definition) is 2. The Bertz CT molecular complexity index is 4650. The van der Waals surface area contributed by atoms with Gasteiger partial charge in [0.2, 0.25) is 0 Å². The molecular weight excluding hydrogens is 1020 g/mol. The number of aromatic nitrogens is 2. The summed E-state index contributed by atoms with van der Waals surface area (Å²) in [6.45, 7) is 22.9. The second-order valence-electron chi connectivity index (χ2n) is 26.1. The lowest BCUT2D eigenvalue weighted by atomic mass is 9.87. The molecule has 0 bridgehead atoms. The van der Waals surface area contributed by atoms with Crippen LogP contribution in [-0.2, 0) is 10.8 Å². The van der Waals surface area contributed by atoms with Crippen LogP contribution in [-0.4, -0.2) is 8.80 Å². The molecule has 0 aliphatic carbocycles. The van der Waals surface area contributed by atoms with Gasteiger partial charge in [0.15, 0.2) is 0 Å². The third-order valence-corrected chi connectivity index (χ3v) is 18.2. The number of fused-ring (bicyclic) bond motifs is 12. The monoisotopic (exact) mass is 1090 g/mol. The van der Waals surface area contributed by atoms with Gasteiger partial charge in [-0.2, -0.15) is 0 Å². The Morgan fingerprint density at radius 3 is 0.929 bits per heavy atom. The van der Waals surface area contributed by atoms with Crippen LogP contribution in [0.5, 0.6) is 0 Å². The van der Waals surface area contributed by atoms with Gasteiger partial charge in [-0.3, -0.25) is 0 Å². The van der Waals surface area contributed by atoms with Crippen LogP contribution < -0.4 is 9.80 Å². The molecule has 4 aromatic heterocycles. The standard InChI is InChI=1S/C80H70N4/c1-49(2)51-33-41-57(42-34-51)81(59-45-37-55(38-46-59)79(5,6)7)65-29-19-31-67-71(65)61-25-17-27-63-73-70(54-23-15-12-16-24-54)78-74(69(53-21-13-11-14-22-53)77(73)83(67)75(61)63)64-28-18-26-62-72-66(30-20-32-68(72)84(78)76(62)64)82(58-43-35-52(36-44-58)50(3)4)60-47-39-56(40-48-60)80(8,9)10/h11-50H,1-10H3. The molecule has 0 saturated heterocycles. The fourth-order valence-corrected chi connectivity index (χ4v) is 14.0. The number of benzene rings is 11. The molecule has 4 heterocycles. The van der Waals surface area contributed by atoms with Crippen LogP contribution in [0.1, 0.15) is 103 Å². The maximum Gasteiger partial charge on any atom is 0.0634 e. The number of anilines is 6. The van der Waals surface area contributed by atoms with Crippen molar-refractivity contribution in [3.8, 4) is 22.3 Å². The van der Waals surface area contributed by atoms with Crippen LogP contribution in [0.4, 0.5) is 34.1 Å². The van der Waals surface area contributed by atoms with Crippen LogP contribution in [0.15, 0.2) is 231 Å². The molecule has 15 aromatic rings. The first-order chi connectivity index (χ1) is 40.7. The smallest absolute Gasteiger partial charge is 0.0634 e.